The fourth-order valence-electron chi connectivity index (χ4n) is 2.12. The monoisotopic (exact) mass is 449 g/mol. The zero-order chi connectivity index (χ0) is 16.1. The summed E-state index contributed by atoms with van der Waals surface area (Å²) in [6.45, 7) is 0.679. The summed E-state index contributed by atoms with van der Waals surface area (Å²) in [5.41, 5.74) is 1.74. The Morgan fingerprint density at radius 1 is 1.14 bits per heavy atom. The second-order valence-electron chi connectivity index (χ2n) is 4.78. The molecule has 1 amide bonds. The van der Waals surface area contributed by atoms with Gasteiger partial charge in [-0.1, -0.05) is 41.4 Å². The van der Waals surface area contributed by atoms with Crippen molar-refractivity contribution in [1.29, 1.82) is 0 Å². The van der Waals surface area contributed by atoms with Gasteiger partial charge >= 0.3 is 6.09 Å². The molecule has 0 spiro atoms. The topological polar surface area (TPSA) is 40.5 Å². The van der Waals surface area contributed by atoms with Crippen LogP contribution in [-0.4, -0.2) is 22.6 Å². The average Bonchev–Trinajstić information content (AvgIpc) is 2.45. The number of benzene rings is 2. The van der Waals surface area contributed by atoms with Gasteiger partial charge in [0.1, 0.15) is 0 Å². The highest BCUT2D eigenvalue weighted by Gasteiger charge is 2.14. The molecule has 0 aliphatic carbocycles. The van der Waals surface area contributed by atoms with Crippen LogP contribution >= 0.6 is 45.8 Å². The maximum atomic E-state index is 11.4. The summed E-state index contributed by atoms with van der Waals surface area (Å²) in [5, 5.41) is 10.5. The van der Waals surface area contributed by atoms with Gasteiger partial charge in [0.25, 0.3) is 0 Å². The second-order valence-corrected chi connectivity index (χ2v) is 6.84. The van der Waals surface area contributed by atoms with E-state index in [2.05, 4.69) is 22.6 Å². The Labute approximate surface area is 153 Å². The maximum Gasteiger partial charge on any atom is 0.407 e. The fraction of sp³-hybridized carbons (Fsp3) is 0.188. The van der Waals surface area contributed by atoms with E-state index < -0.39 is 6.09 Å². The molecule has 2 aromatic carbocycles. The lowest BCUT2D eigenvalue weighted by Crippen LogP contribution is -2.31. The van der Waals surface area contributed by atoms with Crippen molar-refractivity contribution in [3.8, 4) is 0 Å². The Morgan fingerprint density at radius 3 is 2.36 bits per heavy atom. The smallest absolute Gasteiger partial charge is 0.407 e. The van der Waals surface area contributed by atoms with Crippen LogP contribution in [0.4, 0.5) is 4.79 Å². The average molecular weight is 450 g/mol. The molecular weight excluding hydrogens is 436 g/mol. The first-order chi connectivity index (χ1) is 10.5. The third kappa shape index (κ3) is 4.76. The molecule has 6 heteroatoms. The maximum absolute atomic E-state index is 11.4. The van der Waals surface area contributed by atoms with Gasteiger partial charge in [0.15, 0.2) is 0 Å². The molecule has 116 valence electrons. The molecule has 0 saturated carbocycles. The number of halogens is 3. The molecule has 0 aliphatic rings. The van der Waals surface area contributed by atoms with Crippen molar-refractivity contribution < 1.29 is 9.90 Å². The van der Waals surface area contributed by atoms with Crippen LogP contribution < -0.4 is 0 Å². The molecule has 0 unspecified atom stereocenters. The van der Waals surface area contributed by atoms with Crippen LogP contribution in [0.1, 0.15) is 11.1 Å². The SMILES string of the molecule is O=C(O)N(CCc1c(Cl)cccc1Cl)Cc1cccc(I)c1. The normalized spacial score (nSPS) is 10.5. The van der Waals surface area contributed by atoms with Gasteiger partial charge < -0.3 is 10.0 Å². The molecule has 2 aromatic rings. The number of carboxylic acid groups (broad SMARTS) is 1. The molecule has 0 fully saturated rings. The first kappa shape index (κ1) is 17.4. The lowest BCUT2D eigenvalue weighted by molar-refractivity contribution is 0.143. The van der Waals surface area contributed by atoms with Crippen LogP contribution in [0.25, 0.3) is 0 Å². The molecule has 0 saturated heterocycles. The van der Waals surface area contributed by atoms with Crippen molar-refractivity contribution in [2.75, 3.05) is 6.54 Å². The number of hydrogen-bond donors (Lipinski definition) is 1. The number of carbonyl (C=O) groups is 1. The van der Waals surface area contributed by atoms with Gasteiger partial charge in [0.05, 0.1) is 0 Å². The van der Waals surface area contributed by atoms with E-state index in [0.29, 0.717) is 29.6 Å². The number of hydrogen-bond acceptors (Lipinski definition) is 1. The van der Waals surface area contributed by atoms with Crippen LogP contribution in [0.3, 0.4) is 0 Å². The van der Waals surface area contributed by atoms with E-state index in [4.69, 9.17) is 23.2 Å². The van der Waals surface area contributed by atoms with Gasteiger partial charge in [-0.2, -0.15) is 0 Å². The molecule has 3 nitrogen and oxygen atoms in total. The summed E-state index contributed by atoms with van der Waals surface area (Å²) in [7, 11) is 0. The molecule has 0 aliphatic heterocycles. The Kier molecular flexibility index (Phi) is 6.35. The highest BCUT2D eigenvalue weighted by Crippen LogP contribution is 2.25. The van der Waals surface area contributed by atoms with Crippen molar-refractivity contribution in [3.05, 3.63) is 67.2 Å². The van der Waals surface area contributed by atoms with Gasteiger partial charge in [-0.25, -0.2) is 4.79 Å². The quantitative estimate of drug-likeness (QED) is 0.627. The highest BCUT2D eigenvalue weighted by atomic mass is 127. The molecule has 2 rings (SSSR count). The lowest BCUT2D eigenvalue weighted by Gasteiger charge is -2.20. The molecule has 0 radical (unpaired) electrons. The van der Waals surface area contributed by atoms with Crippen molar-refractivity contribution in [2.24, 2.45) is 0 Å². The first-order valence-corrected chi connectivity index (χ1v) is 8.46. The minimum atomic E-state index is -0.956. The van der Waals surface area contributed by atoms with Gasteiger partial charge in [-0.05, 0) is 64.4 Å². The first-order valence-electron chi connectivity index (χ1n) is 6.62. The Bertz CT molecular complexity index is 659. The van der Waals surface area contributed by atoms with Crippen LogP contribution in [0.5, 0.6) is 0 Å². The molecule has 0 bridgehead atoms. The van der Waals surface area contributed by atoms with Crippen LogP contribution in [0.2, 0.25) is 10.0 Å². The summed E-state index contributed by atoms with van der Waals surface area (Å²) in [4.78, 5) is 12.8. The minimum absolute atomic E-state index is 0.338. The molecular formula is C16H14Cl2INO2. The van der Waals surface area contributed by atoms with Crippen molar-refractivity contribution >= 4 is 51.9 Å². The summed E-state index contributed by atoms with van der Waals surface area (Å²) < 4.78 is 1.08. The second kappa shape index (κ2) is 8.04. The van der Waals surface area contributed by atoms with E-state index in [-0.39, 0.29) is 0 Å². The lowest BCUT2D eigenvalue weighted by atomic mass is 10.1. The zero-order valence-corrected chi connectivity index (χ0v) is 15.3. The molecule has 0 aromatic heterocycles. The van der Waals surface area contributed by atoms with E-state index >= 15 is 0 Å². The summed E-state index contributed by atoms with van der Waals surface area (Å²) in [5.74, 6) is 0. The third-order valence-electron chi connectivity index (χ3n) is 3.23. The van der Waals surface area contributed by atoms with Crippen LogP contribution in [0.15, 0.2) is 42.5 Å². The van der Waals surface area contributed by atoms with Gasteiger partial charge in [-0.3, -0.25) is 0 Å². The summed E-state index contributed by atoms with van der Waals surface area (Å²) in [6, 6.07) is 13.1. The van der Waals surface area contributed by atoms with Crippen LogP contribution in [-0.2, 0) is 13.0 Å². The van der Waals surface area contributed by atoms with E-state index in [1.165, 1.54) is 4.90 Å². The Hall–Kier alpha value is -0.980. The van der Waals surface area contributed by atoms with Crippen molar-refractivity contribution in [3.63, 3.8) is 0 Å². The van der Waals surface area contributed by atoms with Gasteiger partial charge in [-0.15, -0.1) is 0 Å². The third-order valence-corrected chi connectivity index (χ3v) is 4.61. The standard InChI is InChI=1S/C16H14Cl2INO2/c17-14-5-2-6-15(18)13(14)7-8-20(16(21)22)10-11-3-1-4-12(19)9-11/h1-6,9H,7-8,10H2,(H,21,22). The largest absolute Gasteiger partial charge is 0.465 e. The minimum Gasteiger partial charge on any atom is -0.465 e. The zero-order valence-electron chi connectivity index (χ0n) is 11.6. The number of amides is 1. The fourth-order valence-corrected chi connectivity index (χ4v) is 3.31. The van der Waals surface area contributed by atoms with E-state index in [1.807, 2.05) is 24.3 Å². The van der Waals surface area contributed by atoms with Crippen molar-refractivity contribution in [2.45, 2.75) is 13.0 Å². The van der Waals surface area contributed by atoms with Crippen molar-refractivity contribution in [1.82, 2.24) is 4.90 Å². The highest BCUT2D eigenvalue weighted by molar-refractivity contribution is 14.1. The molecule has 22 heavy (non-hydrogen) atoms. The van der Waals surface area contributed by atoms with Crippen LogP contribution in [0, 0.1) is 3.57 Å². The Balaban J connectivity index is 2.08. The predicted octanol–water partition coefficient (Wildman–Crippen LogP) is 5.32. The van der Waals surface area contributed by atoms with Gasteiger partial charge in [0, 0.05) is 26.7 Å². The predicted molar refractivity (Wildman–Crippen MR) is 97.8 cm³/mol. The molecule has 0 heterocycles. The van der Waals surface area contributed by atoms with E-state index in [0.717, 1.165) is 14.7 Å². The Morgan fingerprint density at radius 2 is 1.77 bits per heavy atom. The summed E-state index contributed by atoms with van der Waals surface area (Å²) in [6.07, 6.45) is -0.476. The van der Waals surface area contributed by atoms with E-state index in [9.17, 15) is 9.90 Å². The summed E-state index contributed by atoms with van der Waals surface area (Å²) >= 11 is 14.5. The number of rotatable bonds is 5. The van der Waals surface area contributed by atoms with Gasteiger partial charge in [0.2, 0.25) is 0 Å². The molecule has 1 N–H and O–H groups in total. The molecule has 0 atom stereocenters. The number of nitrogens with zero attached hydrogens (tertiary/aromatic N) is 1. The van der Waals surface area contributed by atoms with E-state index in [1.54, 1.807) is 18.2 Å².